The smallest absolute Gasteiger partial charge is 0.307 e. The Balaban J connectivity index is 2.25. The van der Waals surface area contributed by atoms with Crippen LogP contribution in [0.5, 0.6) is 0 Å². The molecular weight excluding hydrogens is 270 g/mol. The van der Waals surface area contributed by atoms with Crippen LogP contribution in [0.2, 0.25) is 0 Å². The van der Waals surface area contributed by atoms with Crippen LogP contribution in [-0.2, 0) is 14.4 Å². The van der Waals surface area contributed by atoms with Gasteiger partial charge in [-0.15, -0.1) is 0 Å². The molecule has 0 unspecified atom stereocenters. The molecule has 1 amide bonds. The summed E-state index contributed by atoms with van der Waals surface area (Å²) < 4.78 is 0. The second-order valence-electron chi connectivity index (χ2n) is 5.29. The lowest BCUT2D eigenvalue weighted by Crippen LogP contribution is -2.43. The summed E-state index contributed by atoms with van der Waals surface area (Å²) in [7, 11) is 0. The molecular formula is C16H19NO4. The first-order chi connectivity index (χ1) is 10.1. The zero-order chi connectivity index (χ0) is 15.2. The maximum Gasteiger partial charge on any atom is 0.307 e. The van der Waals surface area contributed by atoms with E-state index in [1.807, 2.05) is 6.07 Å². The topological polar surface area (TPSA) is 74.7 Å². The molecule has 1 aliphatic carbocycles. The van der Waals surface area contributed by atoms with Crippen LogP contribution < -0.4 is 4.90 Å². The number of hydrogen-bond acceptors (Lipinski definition) is 3. The lowest BCUT2D eigenvalue weighted by Gasteiger charge is -2.32. The highest BCUT2D eigenvalue weighted by Crippen LogP contribution is 2.32. The number of aldehydes is 1. The van der Waals surface area contributed by atoms with Crippen molar-refractivity contribution in [2.75, 3.05) is 11.4 Å². The van der Waals surface area contributed by atoms with Crippen LogP contribution in [-0.4, -0.2) is 29.8 Å². The molecule has 0 bridgehead atoms. The molecule has 1 saturated carbocycles. The van der Waals surface area contributed by atoms with Crippen LogP contribution >= 0.6 is 0 Å². The summed E-state index contributed by atoms with van der Waals surface area (Å²) in [6.07, 6.45) is 3.45. The number of carbonyl (C=O) groups excluding carboxylic acids is 2. The first-order valence-corrected chi connectivity index (χ1v) is 7.18. The van der Waals surface area contributed by atoms with Gasteiger partial charge < -0.3 is 14.8 Å². The van der Waals surface area contributed by atoms with Gasteiger partial charge in [-0.2, -0.15) is 0 Å². The summed E-state index contributed by atoms with van der Waals surface area (Å²) in [5.74, 6) is -2.38. The van der Waals surface area contributed by atoms with Crippen molar-refractivity contribution in [2.24, 2.45) is 11.8 Å². The van der Waals surface area contributed by atoms with Crippen LogP contribution in [0.4, 0.5) is 5.69 Å². The molecule has 1 fully saturated rings. The zero-order valence-corrected chi connectivity index (χ0v) is 11.8. The van der Waals surface area contributed by atoms with Gasteiger partial charge in [-0.1, -0.05) is 31.0 Å². The zero-order valence-electron chi connectivity index (χ0n) is 11.8. The van der Waals surface area contributed by atoms with Crippen LogP contribution in [0.1, 0.15) is 25.7 Å². The highest BCUT2D eigenvalue weighted by Gasteiger charge is 2.38. The number of carbonyl (C=O) groups is 3. The fourth-order valence-electron chi connectivity index (χ4n) is 2.93. The van der Waals surface area contributed by atoms with Crippen molar-refractivity contribution in [2.45, 2.75) is 25.7 Å². The third-order valence-electron chi connectivity index (χ3n) is 3.99. The highest BCUT2D eigenvalue weighted by molar-refractivity contribution is 5.99. The van der Waals surface area contributed by atoms with Gasteiger partial charge in [-0.05, 0) is 25.0 Å². The fraction of sp³-hybridized carbons (Fsp3) is 0.438. The van der Waals surface area contributed by atoms with Gasteiger partial charge in [-0.25, -0.2) is 0 Å². The van der Waals surface area contributed by atoms with E-state index in [-0.39, 0.29) is 12.5 Å². The van der Waals surface area contributed by atoms with Gasteiger partial charge in [0.15, 0.2) is 0 Å². The number of para-hydroxylation sites is 1. The summed E-state index contributed by atoms with van der Waals surface area (Å²) in [6, 6.07) is 8.90. The number of carboxylic acid groups (broad SMARTS) is 1. The normalized spacial score (nSPS) is 21.5. The SMILES string of the molecule is O=CCN(C(=O)[C@@H]1CCCC[C@@H]1C(=O)O)c1ccccc1. The molecule has 2 rings (SSSR count). The predicted molar refractivity (Wildman–Crippen MR) is 77.9 cm³/mol. The standard InChI is InChI=1S/C16H19NO4/c18-11-10-17(12-6-2-1-3-7-12)15(19)13-8-4-5-9-14(13)16(20)21/h1-3,6-7,11,13-14H,4-5,8-10H2,(H,20,21)/t13-,14+/m1/s1. The molecule has 0 spiro atoms. The maximum absolute atomic E-state index is 12.7. The molecule has 0 aliphatic heterocycles. The third kappa shape index (κ3) is 3.48. The van der Waals surface area contributed by atoms with E-state index in [0.29, 0.717) is 24.8 Å². The van der Waals surface area contributed by atoms with E-state index in [0.717, 1.165) is 12.8 Å². The minimum absolute atomic E-state index is 0.0499. The van der Waals surface area contributed by atoms with Gasteiger partial charge in [0.05, 0.1) is 18.4 Å². The predicted octanol–water partition coefficient (Wildman–Crippen LogP) is 2.11. The van der Waals surface area contributed by atoms with E-state index in [1.165, 1.54) is 4.90 Å². The van der Waals surface area contributed by atoms with Gasteiger partial charge in [-0.3, -0.25) is 9.59 Å². The fourth-order valence-corrected chi connectivity index (χ4v) is 2.93. The molecule has 0 radical (unpaired) electrons. The van der Waals surface area contributed by atoms with E-state index >= 15 is 0 Å². The van der Waals surface area contributed by atoms with E-state index in [2.05, 4.69) is 0 Å². The highest BCUT2D eigenvalue weighted by atomic mass is 16.4. The lowest BCUT2D eigenvalue weighted by molar-refractivity contribution is -0.148. The molecule has 1 aliphatic rings. The number of benzene rings is 1. The average molecular weight is 289 g/mol. The Morgan fingerprint density at radius 3 is 2.33 bits per heavy atom. The molecule has 5 nitrogen and oxygen atoms in total. The molecule has 2 atom stereocenters. The van der Waals surface area contributed by atoms with Gasteiger partial charge in [0.2, 0.25) is 5.91 Å². The first kappa shape index (κ1) is 15.2. The number of nitrogens with zero attached hydrogens (tertiary/aromatic N) is 1. The van der Waals surface area contributed by atoms with Crippen molar-refractivity contribution in [3.05, 3.63) is 30.3 Å². The Morgan fingerprint density at radius 2 is 1.76 bits per heavy atom. The van der Waals surface area contributed by atoms with Gasteiger partial charge >= 0.3 is 5.97 Å². The monoisotopic (exact) mass is 289 g/mol. The van der Waals surface area contributed by atoms with E-state index in [4.69, 9.17) is 0 Å². The van der Waals surface area contributed by atoms with Gasteiger partial charge in [0.1, 0.15) is 6.29 Å². The Morgan fingerprint density at radius 1 is 1.14 bits per heavy atom. The minimum atomic E-state index is -0.924. The second-order valence-corrected chi connectivity index (χ2v) is 5.29. The van der Waals surface area contributed by atoms with Crippen molar-refractivity contribution in [1.82, 2.24) is 0 Å². The third-order valence-corrected chi connectivity index (χ3v) is 3.99. The molecule has 0 saturated heterocycles. The summed E-state index contributed by atoms with van der Waals surface area (Å²) >= 11 is 0. The van der Waals surface area contributed by atoms with Crippen LogP contribution in [0.3, 0.4) is 0 Å². The summed E-state index contributed by atoms with van der Waals surface area (Å²) in [6.45, 7) is -0.0499. The van der Waals surface area contributed by atoms with Crippen LogP contribution in [0.15, 0.2) is 30.3 Å². The number of aliphatic carboxylic acids is 1. The molecule has 112 valence electrons. The van der Waals surface area contributed by atoms with Crippen molar-refractivity contribution in [3.8, 4) is 0 Å². The Labute approximate surface area is 123 Å². The number of amides is 1. The molecule has 21 heavy (non-hydrogen) atoms. The quantitative estimate of drug-likeness (QED) is 0.842. The first-order valence-electron chi connectivity index (χ1n) is 7.18. The largest absolute Gasteiger partial charge is 0.481 e. The molecule has 1 aromatic carbocycles. The number of carboxylic acids is 1. The minimum Gasteiger partial charge on any atom is -0.481 e. The molecule has 1 N–H and O–H groups in total. The number of hydrogen-bond donors (Lipinski definition) is 1. The lowest BCUT2D eigenvalue weighted by atomic mass is 9.78. The number of rotatable bonds is 5. The Bertz CT molecular complexity index is 514. The van der Waals surface area contributed by atoms with Crippen molar-refractivity contribution >= 4 is 23.9 Å². The van der Waals surface area contributed by atoms with Crippen molar-refractivity contribution in [1.29, 1.82) is 0 Å². The molecule has 0 heterocycles. The van der Waals surface area contributed by atoms with Gasteiger partial charge in [0.25, 0.3) is 0 Å². The summed E-state index contributed by atoms with van der Waals surface area (Å²) in [5, 5.41) is 9.30. The van der Waals surface area contributed by atoms with Crippen LogP contribution in [0, 0.1) is 11.8 Å². The van der Waals surface area contributed by atoms with Crippen molar-refractivity contribution < 1.29 is 19.5 Å². The Kier molecular flexibility index (Phi) is 5.09. The number of anilines is 1. The van der Waals surface area contributed by atoms with Crippen molar-refractivity contribution in [3.63, 3.8) is 0 Å². The average Bonchev–Trinajstić information content (AvgIpc) is 2.52. The van der Waals surface area contributed by atoms with Gasteiger partial charge in [0, 0.05) is 5.69 Å². The molecule has 1 aromatic rings. The molecule has 5 heteroatoms. The summed E-state index contributed by atoms with van der Waals surface area (Å²) in [4.78, 5) is 36.3. The van der Waals surface area contributed by atoms with Crippen LogP contribution in [0.25, 0.3) is 0 Å². The van der Waals surface area contributed by atoms with E-state index in [1.54, 1.807) is 24.3 Å². The summed E-state index contributed by atoms with van der Waals surface area (Å²) in [5.41, 5.74) is 0.629. The van der Waals surface area contributed by atoms with E-state index < -0.39 is 17.8 Å². The van der Waals surface area contributed by atoms with E-state index in [9.17, 15) is 19.5 Å². The Hall–Kier alpha value is -2.17. The maximum atomic E-state index is 12.7. The second kappa shape index (κ2) is 7.02. The molecule has 0 aromatic heterocycles.